The van der Waals surface area contributed by atoms with Crippen LogP contribution in [0.5, 0.6) is 0 Å². The van der Waals surface area contributed by atoms with Crippen molar-refractivity contribution in [3.05, 3.63) is 48.0 Å². The lowest BCUT2D eigenvalue weighted by atomic mass is 9.50. The number of nitrogens with zero attached hydrogens (tertiary/aromatic N) is 4. The molecule has 2 aromatic rings. The summed E-state index contributed by atoms with van der Waals surface area (Å²) in [6.45, 7) is 3.39. The maximum atomic E-state index is 13.3. The SMILES string of the molecule is O=C(NC12CC3CC(C1)CC(n1cncn1)(C3)C2)c1ccc(CN2CCCCC2)cc1. The Morgan fingerprint density at radius 1 is 1.03 bits per heavy atom. The highest BCUT2D eigenvalue weighted by atomic mass is 16.1. The Kier molecular flexibility index (Phi) is 4.67. The average Bonchev–Trinajstić information content (AvgIpc) is 3.30. The van der Waals surface area contributed by atoms with Crippen LogP contribution >= 0.6 is 0 Å². The molecular weight excluding hydrogens is 386 g/mol. The third-order valence-corrected chi connectivity index (χ3v) is 8.38. The molecule has 5 aliphatic rings. The number of hydrogen-bond donors (Lipinski definition) is 1. The lowest BCUT2D eigenvalue weighted by molar-refractivity contribution is -0.0744. The average molecular weight is 420 g/mol. The Labute approximate surface area is 184 Å². The van der Waals surface area contributed by atoms with Gasteiger partial charge in [-0.15, -0.1) is 0 Å². The van der Waals surface area contributed by atoms with Crippen LogP contribution in [0, 0.1) is 11.8 Å². The number of hydrogen-bond acceptors (Lipinski definition) is 4. The van der Waals surface area contributed by atoms with Crippen molar-refractivity contribution in [2.24, 2.45) is 11.8 Å². The van der Waals surface area contributed by atoms with Gasteiger partial charge in [0.1, 0.15) is 12.7 Å². The molecule has 4 saturated carbocycles. The van der Waals surface area contributed by atoms with E-state index < -0.39 is 0 Å². The number of likely N-dealkylation sites (tertiary alicyclic amines) is 1. The smallest absolute Gasteiger partial charge is 0.251 e. The van der Waals surface area contributed by atoms with Gasteiger partial charge in [-0.2, -0.15) is 5.10 Å². The van der Waals surface area contributed by atoms with Gasteiger partial charge in [0.25, 0.3) is 5.91 Å². The zero-order valence-corrected chi connectivity index (χ0v) is 18.3. The highest BCUT2D eigenvalue weighted by molar-refractivity contribution is 5.94. The third-order valence-electron chi connectivity index (χ3n) is 8.38. The van der Waals surface area contributed by atoms with Crippen molar-refractivity contribution in [1.29, 1.82) is 0 Å². The fourth-order valence-electron chi connectivity index (χ4n) is 7.53. The number of carbonyl (C=O) groups excluding carboxylic acids is 1. The van der Waals surface area contributed by atoms with Crippen molar-refractivity contribution in [3.63, 3.8) is 0 Å². The van der Waals surface area contributed by atoms with Crippen LogP contribution in [0.4, 0.5) is 0 Å². The minimum absolute atomic E-state index is 0.0339. The summed E-state index contributed by atoms with van der Waals surface area (Å²) < 4.78 is 2.10. The second kappa shape index (κ2) is 7.44. The highest BCUT2D eigenvalue weighted by Crippen LogP contribution is 2.60. The summed E-state index contributed by atoms with van der Waals surface area (Å²) in [5.74, 6) is 1.44. The van der Waals surface area contributed by atoms with Gasteiger partial charge in [0.15, 0.2) is 0 Å². The zero-order valence-electron chi connectivity index (χ0n) is 18.3. The van der Waals surface area contributed by atoms with Gasteiger partial charge in [-0.3, -0.25) is 9.69 Å². The first-order valence-electron chi connectivity index (χ1n) is 12.1. The van der Waals surface area contributed by atoms with Gasteiger partial charge in [-0.25, -0.2) is 9.67 Å². The Morgan fingerprint density at radius 3 is 2.45 bits per heavy atom. The molecule has 6 heteroatoms. The summed E-state index contributed by atoms with van der Waals surface area (Å²) in [7, 11) is 0. The predicted molar refractivity (Wildman–Crippen MR) is 118 cm³/mol. The van der Waals surface area contributed by atoms with Crippen LogP contribution in [0.2, 0.25) is 0 Å². The summed E-state index contributed by atoms with van der Waals surface area (Å²) >= 11 is 0. The Hall–Kier alpha value is -2.21. The summed E-state index contributed by atoms with van der Waals surface area (Å²) in [5, 5.41) is 8.04. The second-order valence-electron chi connectivity index (χ2n) is 10.8. The molecule has 4 aliphatic carbocycles. The van der Waals surface area contributed by atoms with E-state index in [0.29, 0.717) is 11.8 Å². The molecule has 7 rings (SSSR count). The van der Waals surface area contributed by atoms with Crippen LogP contribution in [0.25, 0.3) is 0 Å². The van der Waals surface area contributed by atoms with Crippen molar-refractivity contribution in [3.8, 4) is 0 Å². The fourth-order valence-corrected chi connectivity index (χ4v) is 7.53. The number of amides is 1. The zero-order chi connectivity index (χ0) is 20.9. The first kappa shape index (κ1) is 19.5. The van der Waals surface area contributed by atoms with E-state index in [-0.39, 0.29) is 17.0 Å². The highest BCUT2D eigenvalue weighted by Gasteiger charge is 2.59. The molecule has 6 nitrogen and oxygen atoms in total. The van der Waals surface area contributed by atoms with Gasteiger partial charge in [-0.1, -0.05) is 18.6 Å². The number of carbonyl (C=O) groups is 1. The first-order valence-corrected chi connectivity index (χ1v) is 12.1. The van der Waals surface area contributed by atoms with Gasteiger partial charge in [0, 0.05) is 17.6 Å². The monoisotopic (exact) mass is 419 g/mol. The molecular formula is C25H33N5O. The van der Waals surface area contributed by atoms with Gasteiger partial charge in [0.05, 0.1) is 5.54 Å². The van der Waals surface area contributed by atoms with Crippen molar-refractivity contribution in [2.45, 2.75) is 75.4 Å². The van der Waals surface area contributed by atoms with Crippen LogP contribution in [-0.2, 0) is 12.1 Å². The topological polar surface area (TPSA) is 63.1 Å². The van der Waals surface area contributed by atoms with Gasteiger partial charge in [-0.05, 0) is 94.0 Å². The van der Waals surface area contributed by atoms with E-state index in [1.807, 2.05) is 18.5 Å². The van der Waals surface area contributed by atoms with E-state index in [4.69, 9.17) is 0 Å². The van der Waals surface area contributed by atoms with Crippen LogP contribution in [-0.4, -0.2) is 44.2 Å². The van der Waals surface area contributed by atoms with Crippen LogP contribution in [0.3, 0.4) is 0 Å². The van der Waals surface area contributed by atoms with Crippen LogP contribution in [0.1, 0.15) is 73.7 Å². The number of aromatic nitrogens is 3. The molecule has 164 valence electrons. The Balaban J connectivity index is 1.17. The molecule has 2 atom stereocenters. The minimum Gasteiger partial charge on any atom is -0.346 e. The van der Waals surface area contributed by atoms with E-state index in [1.54, 1.807) is 6.33 Å². The number of piperidine rings is 1. The summed E-state index contributed by atoms with van der Waals surface area (Å²) in [4.78, 5) is 20.0. The molecule has 1 N–H and O–H groups in total. The van der Waals surface area contributed by atoms with Crippen LogP contribution in [0.15, 0.2) is 36.9 Å². The summed E-state index contributed by atoms with van der Waals surface area (Å²) in [6, 6.07) is 8.31. The van der Waals surface area contributed by atoms with Crippen molar-refractivity contribution < 1.29 is 4.79 Å². The van der Waals surface area contributed by atoms with E-state index in [9.17, 15) is 4.79 Å². The maximum absolute atomic E-state index is 13.3. The lowest BCUT2D eigenvalue weighted by Crippen LogP contribution is -2.65. The summed E-state index contributed by atoms with van der Waals surface area (Å²) in [5.41, 5.74) is 2.03. The summed E-state index contributed by atoms with van der Waals surface area (Å²) in [6.07, 6.45) is 14.4. The Morgan fingerprint density at radius 2 is 1.77 bits per heavy atom. The second-order valence-corrected chi connectivity index (χ2v) is 10.8. The molecule has 0 radical (unpaired) electrons. The van der Waals surface area contributed by atoms with E-state index >= 15 is 0 Å². The largest absolute Gasteiger partial charge is 0.346 e. The molecule has 1 aliphatic heterocycles. The normalized spacial score (nSPS) is 34.7. The lowest BCUT2D eigenvalue weighted by Gasteiger charge is -2.61. The van der Waals surface area contributed by atoms with Gasteiger partial charge >= 0.3 is 0 Å². The molecule has 2 unspecified atom stereocenters. The standard InChI is InChI=1S/C25H33N5O/c31-23(22-6-4-19(5-7-22)15-29-8-2-1-3-9-29)28-24-11-20-10-21(12-24)14-25(13-20,16-24)30-18-26-17-27-30/h4-7,17-18,20-21H,1-3,8-16H2,(H,28,31). The quantitative estimate of drug-likeness (QED) is 0.802. The molecule has 1 saturated heterocycles. The molecule has 4 bridgehead atoms. The van der Waals surface area contributed by atoms with Crippen molar-refractivity contribution >= 4 is 5.91 Å². The van der Waals surface area contributed by atoms with E-state index in [1.165, 1.54) is 57.2 Å². The molecule has 1 aromatic heterocycles. The van der Waals surface area contributed by atoms with Gasteiger partial charge in [0.2, 0.25) is 0 Å². The molecule has 1 amide bonds. The third kappa shape index (κ3) is 3.59. The fraction of sp³-hybridized carbons (Fsp3) is 0.640. The van der Waals surface area contributed by atoms with E-state index in [2.05, 4.69) is 37.1 Å². The van der Waals surface area contributed by atoms with Crippen molar-refractivity contribution in [2.75, 3.05) is 13.1 Å². The van der Waals surface area contributed by atoms with E-state index in [0.717, 1.165) is 31.4 Å². The molecule has 5 fully saturated rings. The van der Waals surface area contributed by atoms with Gasteiger partial charge < -0.3 is 5.32 Å². The molecule has 1 aromatic carbocycles. The molecule has 2 heterocycles. The maximum Gasteiger partial charge on any atom is 0.251 e. The number of rotatable bonds is 5. The predicted octanol–water partition coefficient (Wildman–Crippen LogP) is 3.74. The number of benzene rings is 1. The van der Waals surface area contributed by atoms with Crippen LogP contribution < -0.4 is 5.32 Å². The first-order chi connectivity index (χ1) is 15.1. The van der Waals surface area contributed by atoms with Crippen molar-refractivity contribution in [1.82, 2.24) is 25.0 Å². The minimum atomic E-state index is -0.0976. The molecule has 31 heavy (non-hydrogen) atoms. The molecule has 0 spiro atoms. The number of nitrogens with one attached hydrogen (secondary N) is 1. The Bertz CT molecular complexity index is 917.